The molecule has 0 spiro atoms. The van der Waals surface area contributed by atoms with Crippen molar-refractivity contribution in [3.8, 4) is 5.30 Å². The van der Waals surface area contributed by atoms with Gasteiger partial charge in [-0.3, -0.25) is 0 Å². The summed E-state index contributed by atoms with van der Waals surface area (Å²) in [4.78, 5) is 17.6. The first kappa shape index (κ1) is 39.3. The van der Waals surface area contributed by atoms with Gasteiger partial charge >= 0.3 is 0 Å². The maximum absolute atomic E-state index is 3.91. The molecule has 0 bridgehead atoms. The van der Waals surface area contributed by atoms with E-state index in [4.69, 9.17) is 0 Å². The second kappa shape index (κ2) is 15.8. The predicted molar refractivity (Wildman–Crippen MR) is 212 cm³/mol. The van der Waals surface area contributed by atoms with Crippen LogP contribution in [-0.4, -0.2) is 43.8 Å². The van der Waals surface area contributed by atoms with Gasteiger partial charge in [-0.1, -0.05) is 0 Å². The summed E-state index contributed by atoms with van der Waals surface area (Å²) in [6.45, 7) is 26.2. The van der Waals surface area contributed by atoms with Crippen molar-refractivity contribution in [1.82, 2.24) is 19.6 Å². The first-order valence-electron chi connectivity index (χ1n) is 17.8. The van der Waals surface area contributed by atoms with Gasteiger partial charge in [0, 0.05) is 40.8 Å². The fraction of sp³-hybridized carbons (Fsp3) is 0.286. The summed E-state index contributed by atoms with van der Waals surface area (Å²) in [5.41, 5.74) is 3.97. The largest absolute Gasteiger partial charge is 0.520 e. The molecule has 0 saturated heterocycles. The second-order valence-electron chi connectivity index (χ2n) is 14.5. The molecule has 5 heterocycles. The quantitative estimate of drug-likeness (QED) is 0.121. The van der Waals surface area contributed by atoms with Crippen molar-refractivity contribution in [1.29, 1.82) is 0 Å². The van der Waals surface area contributed by atoms with Gasteiger partial charge in [0.05, 0.1) is 0 Å². The Hall–Kier alpha value is -3.36. The molecule has 0 fully saturated rings. The van der Waals surface area contributed by atoms with Gasteiger partial charge in [0.25, 0.3) is 0 Å². The third kappa shape index (κ3) is 7.52. The van der Waals surface area contributed by atoms with Crippen molar-refractivity contribution < 1.29 is 40.8 Å². The maximum atomic E-state index is 3.91. The van der Waals surface area contributed by atoms with Crippen LogP contribution in [-0.2, 0) is 40.8 Å². The molecule has 0 saturated carbocycles. The molecule has 4 aromatic rings. The Morgan fingerprint density at radius 2 is 0.755 bits per heavy atom. The van der Waals surface area contributed by atoms with E-state index in [0.717, 1.165) is 28.1 Å². The van der Waals surface area contributed by atoms with Gasteiger partial charge in [0.2, 0.25) is 0 Å². The zero-order chi connectivity index (χ0) is 35.6. The SMILES string of the molecule is CC(C)N1C=CN(c2[c-]c3c(cc2)c2ccc(N4C=CN(C(C)C)[CH-]4)[c-]c2p3-c2[c-]c(N3C=CN(C(C)C)[CH-]3)cc(N3C=CN(C(C)C)[CH-]3)[c-]2)[CH-]1.[Pd].[Pd]. The number of benzene rings is 3. The van der Waals surface area contributed by atoms with Crippen LogP contribution in [0.1, 0.15) is 55.4 Å². The van der Waals surface area contributed by atoms with Crippen LogP contribution < -0.4 is 19.6 Å². The van der Waals surface area contributed by atoms with Crippen LogP contribution >= 0.6 is 7.53 Å². The Balaban J connectivity index is 0.00000240. The van der Waals surface area contributed by atoms with E-state index in [9.17, 15) is 0 Å². The zero-order valence-corrected chi connectivity index (χ0v) is 35.3. The Bertz CT molecular complexity index is 1930. The Morgan fingerprint density at radius 1 is 0.434 bits per heavy atom. The van der Waals surface area contributed by atoms with E-state index in [2.05, 4.69) is 225 Å². The number of nitrogens with zero attached hydrogens (tertiary/aromatic N) is 8. The molecule has 8 nitrogen and oxygen atoms in total. The van der Waals surface area contributed by atoms with Crippen LogP contribution in [0.2, 0.25) is 0 Å². The third-order valence-corrected chi connectivity index (χ3v) is 11.9. The molecule has 53 heavy (non-hydrogen) atoms. The van der Waals surface area contributed by atoms with Crippen LogP contribution in [0.3, 0.4) is 0 Å². The first-order chi connectivity index (χ1) is 24.5. The zero-order valence-electron chi connectivity index (χ0n) is 31.3. The molecule has 11 heteroatoms. The van der Waals surface area contributed by atoms with Crippen LogP contribution in [0.15, 0.2) is 79.9 Å². The van der Waals surface area contributed by atoms with Crippen LogP contribution in [0, 0.1) is 50.9 Å². The minimum Gasteiger partial charge on any atom is -0.520 e. The van der Waals surface area contributed by atoms with Crippen LogP contribution in [0.5, 0.6) is 0 Å². The molecular weight excluding hydrogens is 860 g/mol. The van der Waals surface area contributed by atoms with Crippen molar-refractivity contribution in [2.75, 3.05) is 19.6 Å². The molecule has 0 amide bonds. The first-order valence-corrected chi connectivity index (χ1v) is 19.2. The molecule has 286 valence electrons. The normalized spacial score (nSPS) is 16.9. The summed E-state index contributed by atoms with van der Waals surface area (Å²) in [5, 5.41) is 5.75. The fourth-order valence-electron chi connectivity index (χ4n) is 6.50. The molecular formula is C42H45N8PPd2-8. The number of anilines is 4. The molecule has 0 atom stereocenters. The van der Waals surface area contributed by atoms with E-state index < -0.39 is 7.53 Å². The van der Waals surface area contributed by atoms with Crippen LogP contribution in [0.25, 0.3) is 26.3 Å². The Morgan fingerprint density at radius 3 is 1.06 bits per heavy atom. The molecule has 4 aliphatic rings. The maximum Gasteiger partial charge on any atom is 0 e. The molecule has 1 aromatic heterocycles. The molecule has 0 radical (unpaired) electrons. The summed E-state index contributed by atoms with van der Waals surface area (Å²) < 4.78 is 0. The Labute approximate surface area is 345 Å². The number of hydrogen-bond donors (Lipinski definition) is 0. The smallest absolute Gasteiger partial charge is 0 e. The summed E-state index contributed by atoms with van der Waals surface area (Å²) in [7, 11) is -1.12. The summed E-state index contributed by atoms with van der Waals surface area (Å²) >= 11 is 0. The minimum atomic E-state index is -1.12. The van der Waals surface area contributed by atoms with Crippen molar-refractivity contribution in [2.24, 2.45) is 0 Å². The molecule has 8 rings (SSSR count). The average molecular weight is 906 g/mol. The van der Waals surface area contributed by atoms with E-state index in [0.29, 0.717) is 24.2 Å². The molecule has 3 aromatic carbocycles. The number of hydrogen-bond acceptors (Lipinski definition) is 8. The van der Waals surface area contributed by atoms with Gasteiger partial charge in [0.15, 0.2) is 0 Å². The molecule has 0 unspecified atom stereocenters. The topological polar surface area (TPSA) is 25.9 Å². The minimum absolute atomic E-state index is 0. The van der Waals surface area contributed by atoms with Gasteiger partial charge in [-0.25, -0.2) is 22.7 Å². The van der Waals surface area contributed by atoms with Gasteiger partial charge in [-0.2, -0.15) is 69.2 Å². The van der Waals surface area contributed by atoms with Crippen molar-refractivity contribution in [2.45, 2.75) is 79.6 Å². The van der Waals surface area contributed by atoms with Crippen molar-refractivity contribution in [3.63, 3.8) is 0 Å². The molecule has 0 aliphatic carbocycles. The van der Waals surface area contributed by atoms with Gasteiger partial charge < -0.3 is 51.3 Å². The van der Waals surface area contributed by atoms with Crippen molar-refractivity contribution in [3.05, 3.63) is 131 Å². The number of rotatable bonds is 9. The van der Waals surface area contributed by atoms with E-state index >= 15 is 0 Å². The van der Waals surface area contributed by atoms with E-state index in [1.165, 1.54) is 21.0 Å². The van der Waals surface area contributed by atoms with Gasteiger partial charge in [-0.15, -0.1) is 33.7 Å². The van der Waals surface area contributed by atoms with Gasteiger partial charge in [0.1, 0.15) is 0 Å². The monoisotopic (exact) mass is 904 g/mol. The van der Waals surface area contributed by atoms with Gasteiger partial charge in [-0.05, 0) is 129 Å². The summed E-state index contributed by atoms with van der Waals surface area (Å²) in [6, 6.07) is 28.1. The van der Waals surface area contributed by atoms with Crippen LogP contribution in [0.4, 0.5) is 22.7 Å². The molecule has 0 N–H and O–H groups in total. The van der Waals surface area contributed by atoms with E-state index in [1.54, 1.807) is 0 Å². The summed E-state index contributed by atoms with van der Waals surface area (Å²) in [6.07, 6.45) is 17.0. The second-order valence-corrected chi connectivity index (χ2v) is 16.5. The third-order valence-electron chi connectivity index (χ3n) is 9.67. The molecule has 4 aliphatic heterocycles. The van der Waals surface area contributed by atoms with Crippen molar-refractivity contribution >= 4 is 51.3 Å². The standard InChI is InChI=1S/C42H45N8P.2Pd/c1-30(2)43-13-17-47(26-43)34-9-11-39-40-12-10-35(48-18-14-44(27-48)31(3)4)25-42(40)51(41(39)24-34)38-22-36(49-19-15-45(28-49)32(5)6)21-37(23-38)50-20-16-46(29-50)33(7)8;;/h9-21,26-33H,1-8H3;;/q-8;;. The average Bonchev–Trinajstić information content (AvgIpc) is 3.96. The van der Waals surface area contributed by atoms with E-state index in [-0.39, 0.29) is 40.8 Å². The van der Waals surface area contributed by atoms with E-state index in [1.807, 2.05) is 0 Å². The fourth-order valence-corrected chi connectivity index (χ4v) is 8.95. The Kier molecular flexibility index (Phi) is 11.7. The predicted octanol–water partition coefficient (Wildman–Crippen LogP) is 9.65. The summed E-state index contributed by atoms with van der Waals surface area (Å²) in [5.74, 6) is 0. The number of fused-ring (bicyclic) bond motifs is 3.